The molecule has 0 bridgehead atoms. The van der Waals surface area contributed by atoms with E-state index in [1.807, 2.05) is 0 Å². The van der Waals surface area contributed by atoms with Gasteiger partial charge >= 0.3 is 17.9 Å². The SMILES string of the molecule is Cc1ncc(CO)c(C=Nc2c(O)c3cc(C(=O)O)nc3c3c(C(=O)O)cc(C(=O)O)[nH]c23)c1O. The number of aryl methyl sites for hydroxylation is 1. The summed E-state index contributed by atoms with van der Waals surface area (Å²) in [4.78, 5) is 49.6. The van der Waals surface area contributed by atoms with E-state index in [2.05, 4.69) is 19.9 Å². The zero-order valence-corrected chi connectivity index (χ0v) is 17.8. The number of aliphatic hydroxyl groups excluding tert-OH is 1. The number of hydrogen-bond acceptors (Lipinski definition) is 9. The number of carboxylic acid groups (broad SMARTS) is 3. The molecule has 7 N–H and O–H groups in total. The molecule has 0 radical (unpaired) electrons. The van der Waals surface area contributed by atoms with Crippen LogP contribution in [0.4, 0.5) is 5.69 Å². The molecule has 178 valence electrons. The van der Waals surface area contributed by atoms with Crippen LogP contribution in [0.2, 0.25) is 0 Å². The predicted octanol–water partition coefficient (Wildman–Crippen LogP) is 2.17. The molecule has 35 heavy (non-hydrogen) atoms. The number of pyridine rings is 2. The monoisotopic (exact) mass is 480 g/mol. The molecule has 0 saturated carbocycles. The summed E-state index contributed by atoms with van der Waals surface area (Å²) in [7, 11) is 0. The van der Waals surface area contributed by atoms with Crippen molar-refractivity contribution < 1.29 is 45.0 Å². The lowest BCUT2D eigenvalue weighted by Gasteiger charge is -2.12. The fourth-order valence-electron chi connectivity index (χ4n) is 3.61. The van der Waals surface area contributed by atoms with Gasteiger partial charge in [0.05, 0.1) is 28.9 Å². The van der Waals surface area contributed by atoms with Crippen LogP contribution in [-0.4, -0.2) is 69.7 Å². The van der Waals surface area contributed by atoms with Gasteiger partial charge in [0.1, 0.15) is 22.8 Å². The Balaban J connectivity index is 2.16. The van der Waals surface area contributed by atoms with Gasteiger partial charge in [-0.3, -0.25) is 4.98 Å². The molecule has 3 aromatic heterocycles. The van der Waals surface area contributed by atoms with Gasteiger partial charge in [-0.2, -0.15) is 0 Å². The number of aliphatic hydroxyl groups is 1. The summed E-state index contributed by atoms with van der Waals surface area (Å²) in [6, 6.07) is 1.86. The van der Waals surface area contributed by atoms with E-state index < -0.39 is 47.2 Å². The lowest BCUT2D eigenvalue weighted by molar-refractivity contribution is 0.0678. The number of fused-ring (bicyclic) bond motifs is 3. The predicted molar refractivity (Wildman–Crippen MR) is 120 cm³/mol. The van der Waals surface area contributed by atoms with Gasteiger partial charge in [-0.15, -0.1) is 0 Å². The number of aromatic nitrogens is 3. The number of phenolic OH excluding ortho intramolecular Hbond substituents is 1. The molecular formula is C22H16N4O9. The van der Waals surface area contributed by atoms with Crippen molar-refractivity contribution in [2.75, 3.05) is 0 Å². The third-order valence-electron chi connectivity index (χ3n) is 5.32. The van der Waals surface area contributed by atoms with Gasteiger partial charge in [0.2, 0.25) is 0 Å². The van der Waals surface area contributed by atoms with Gasteiger partial charge in [-0.25, -0.2) is 24.4 Å². The number of rotatable bonds is 6. The third kappa shape index (κ3) is 3.75. The maximum Gasteiger partial charge on any atom is 0.354 e. The van der Waals surface area contributed by atoms with Crippen LogP contribution >= 0.6 is 0 Å². The van der Waals surface area contributed by atoms with Crippen molar-refractivity contribution in [3.05, 3.63) is 52.1 Å². The smallest absolute Gasteiger partial charge is 0.354 e. The van der Waals surface area contributed by atoms with Crippen LogP contribution in [0.3, 0.4) is 0 Å². The van der Waals surface area contributed by atoms with Crippen LogP contribution in [-0.2, 0) is 6.61 Å². The molecule has 13 heteroatoms. The number of aromatic carboxylic acids is 3. The number of aliphatic imine (C=N–C) groups is 1. The molecule has 0 fully saturated rings. The number of aromatic hydroxyl groups is 2. The van der Waals surface area contributed by atoms with Crippen LogP contribution in [0.25, 0.3) is 21.8 Å². The molecule has 0 amide bonds. The first-order valence-corrected chi connectivity index (χ1v) is 9.79. The quantitative estimate of drug-likeness (QED) is 0.198. The van der Waals surface area contributed by atoms with Gasteiger partial charge in [-0.05, 0) is 19.1 Å². The van der Waals surface area contributed by atoms with Crippen LogP contribution in [0.15, 0.2) is 23.3 Å². The second-order valence-corrected chi connectivity index (χ2v) is 7.41. The standard InChI is InChI=1S/C22H16N4O9/c1-7-18(28)11(8(6-27)4-23-7)5-24-17-16-14(9(20(30)31)2-12(26-16)21(32)33)15-10(19(17)29)3-13(25-15)22(34)35/h2-5,26-29H,6H2,1H3,(H,30,31)(H,32,33)(H,34,35). The maximum absolute atomic E-state index is 12.0. The fraction of sp³-hybridized carbons (Fsp3) is 0.0909. The Labute approximate surface area is 194 Å². The summed E-state index contributed by atoms with van der Waals surface area (Å²) in [5, 5.41) is 59.1. The largest absolute Gasteiger partial charge is 0.505 e. The summed E-state index contributed by atoms with van der Waals surface area (Å²) in [6.07, 6.45) is 2.38. The van der Waals surface area contributed by atoms with E-state index in [-0.39, 0.29) is 50.1 Å². The number of phenols is 1. The molecule has 0 unspecified atom stereocenters. The van der Waals surface area contributed by atoms with Crippen molar-refractivity contribution in [3.8, 4) is 11.5 Å². The molecule has 0 atom stereocenters. The molecular weight excluding hydrogens is 464 g/mol. The molecule has 0 aliphatic heterocycles. The van der Waals surface area contributed by atoms with Crippen LogP contribution in [0, 0.1) is 6.92 Å². The Morgan fingerprint density at radius 3 is 2.37 bits per heavy atom. The molecule has 0 aliphatic rings. The zero-order chi connectivity index (χ0) is 25.6. The van der Waals surface area contributed by atoms with Crippen LogP contribution in [0.5, 0.6) is 11.5 Å². The van der Waals surface area contributed by atoms with E-state index in [4.69, 9.17) is 0 Å². The molecule has 13 nitrogen and oxygen atoms in total. The molecule has 1 aromatic carbocycles. The minimum atomic E-state index is -1.53. The number of carbonyl (C=O) groups is 3. The topological polar surface area (TPSA) is 227 Å². The number of carboxylic acids is 3. The number of nitrogens with one attached hydrogen (secondary N) is 1. The minimum Gasteiger partial charge on any atom is -0.505 e. The Kier molecular flexibility index (Phi) is 5.54. The van der Waals surface area contributed by atoms with E-state index >= 15 is 0 Å². The van der Waals surface area contributed by atoms with Gasteiger partial charge in [0.25, 0.3) is 0 Å². The summed E-state index contributed by atoms with van der Waals surface area (Å²) in [6.45, 7) is 0.989. The summed E-state index contributed by atoms with van der Waals surface area (Å²) >= 11 is 0. The molecule has 0 aliphatic carbocycles. The van der Waals surface area contributed by atoms with Crippen molar-refractivity contribution >= 4 is 51.6 Å². The fourth-order valence-corrected chi connectivity index (χ4v) is 3.61. The normalized spacial score (nSPS) is 11.5. The van der Waals surface area contributed by atoms with Crippen molar-refractivity contribution in [3.63, 3.8) is 0 Å². The van der Waals surface area contributed by atoms with E-state index in [1.54, 1.807) is 0 Å². The van der Waals surface area contributed by atoms with Crippen molar-refractivity contribution in [1.82, 2.24) is 15.0 Å². The van der Waals surface area contributed by atoms with Crippen molar-refractivity contribution in [1.29, 1.82) is 0 Å². The van der Waals surface area contributed by atoms with E-state index in [0.29, 0.717) is 0 Å². The first-order valence-electron chi connectivity index (χ1n) is 9.79. The summed E-state index contributed by atoms with van der Waals surface area (Å²) in [5.74, 6) is -5.40. The van der Waals surface area contributed by atoms with Crippen LogP contribution < -0.4 is 0 Å². The van der Waals surface area contributed by atoms with E-state index in [9.17, 15) is 45.0 Å². The summed E-state index contributed by atoms with van der Waals surface area (Å²) < 4.78 is 0. The Hall–Kier alpha value is -5.04. The van der Waals surface area contributed by atoms with Crippen LogP contribution in [0.1, 0.15) is 48.2 Å². The second-order valence-electron chi connectivity index (χ2n) is 7.41. The molecule has 0 saturated heterocycles. The van der Waals surface area contributed by atoms with Crippen molar-refractivity contribution in [2.24, 2.45) is 4.99 Å². The van der Waals surface area contributed by atoms with Gasteiger partial charge in [-0.1, -0.05) is 0 Å². The number of nitrogens with zero attached hydrogens (tertiary/aromatic N) is 3. The average Bonchev–Trinajstić information content (AvgIpc) is 3.27. The van der Waals surface area contributed by atoms with E-state index in [0.717, 1.165) is 18.3 Å². The van der Waals surface area contributed by atoms with E-state index in [1.165, 1.54) is 13.1 Å². The number of benzene rings is 1. The lowest BCUT2D eigenvalue weighted by atomic mass is 10.0. The highest BCUT2D eigenvalue weighted by atomic mass is 16.4. The lowest BCUT2D eigenvalue weighted by Crippen LogP contribution is -2.07. The third-order valence-corrected chi connectivity index (χ3v) is 5.32. The highest BCUT2D eigenvalue weighted by Crippen LogP contribution is 2.44. The molecule has 0 spiro atoms. The van der Waals surface area contributed by atoms with Crippen molar-refractivity contribution in [2.45, 2.75) is 13.5 Å². The highest BCUT2D eigenvalue weighted by Gasteiger charge is 2.25. The molecule has 4 rings (SSSR count). The Bertz CT molecular complexity index is 1600. The number of hydrogen-bond donors (Lipinski definition) is 7. The average molecular weight is 480 g/mol. The first-order chi connectivity index (χ1) is 16.5. The van der Waals surface area contributed by atoms with Gasteiger partial charge in [0.15, 0.2) is 5.75 Å². The number of H-pyrrole nitrogens is 1. The highest BCUT2D eigenvalue weighted by molar-refractivity contribution is 6.21. The number of aromatic amines is 1. The first kappa shape index (κ1) is 23.1. The summed E-state index contributed by atoms with van der Waals surface area (Å²) in [5.41, 5.74) is -1.90. The minimum absolute atomic E-state index is 0.0485. The Morgan fingerprint density at radius 2 is 1.77 bits per heavy atom. The maximum atomic E-state index is 12.0. The molecule has 3 heterocycles. The van der Waals surface area contributed by atoms with Gasteiger partial charge in [0, 0.05) is 34.3 Å². The van der Waals surface area contributed by atoms with Gasteiger partial charge < -0.3 is 35.6 Å². The second kappa shape index (κ2) is 8.39. The Morgan fingerprint density at radius 1 is 1.06 bits per heavy atom. The molecule has 4 aromatic rings. The zero-order valence-electron chi connectivity index (χ0n) is 17.8.